The SMILES string of the molecule is Clc1ccccc1OCCN(CC1CC1)CC1CCCN1. The maximum absolute atomic E-state index is 6.12. The molecule has 0 aromatic heterocycles. The van der Waals surface area contributed by atoms with Crippen molar-refractivity contribution >= 4 is 11.6 Å². The summed E-state index contributed by atoms with van der Waals surface area (Å²) in [6.45, 7) is 5.26. The average molecular weight is 309 g/mol. The molecule has 1 saturated heterocycles. The fraction of sp³-hybridized carbons (Fsp3) is 0.647. The van der Waals surface area contributed by atoms with Crippen LogP contribution in [0.25, 0.3) is 0 Å². The zero-order chi connectivity index (χ0) is 14.5. The second-order valence-corrected chi connectivity index (χ2v) is 6.68. The second kappa shape index (κ2) is 7.48. The van der Waals surface area contributed by atoms with Crippen LogP contribution >= 0.6 is 11.6 Å². The zero-order valence-electron chi connectivity index (χ0n) is 12.6. The van der Waals surface area contributed by atoms with Crippen LogP contribution in [-0.2, 0) is 0 Å². The van der Waals surface area contributed by atoms with Gasteiger partial charge in [0, 0.05) is 25.7 Å². The molecule has 0 bridgehead atoms. The van der Waals surface area contributed by atoms with Crippen LogP contribution in [0.15, 0.2) is 24.3 Å². The van der Waals surface area contributed by atoms with Gasteiger partial charge in [0.2, 0.25) is 0 Å². The molecule has 1 N–H and O–H groups in total. The van der Waals surface area contributed by atoms with Gasteiger partial charge in [0.1, 0.15) is 12.4 Å². The topological polar surface area (TPSA) is 24.5 Å². The van der Waals surface area contributed by atoms with Crippen molar-refractivity contribution in [1.82, 2.24) is 10.2 Å². The number of rotatable bonds is 8. The van der Waals surface area contributed by atoms with Gasteiger partial charge in [-0.1, -0.05) is 23.7 Å². The van der Waals surface area contributed by atoms with Crippen molar-refractivity contribution in [3.8, 4) is 5.75 Å². The summed E-state index contributed by atoms with van der Waals surface area (Å²) in [6, 6.07) is 8.38. The van der Waals surface area contributed by atoms with Crippen LogP contribution in [0, 0.1) is 5.92 Å². The standard InChI is InChI=1S/C17H25ClN2O/c18-16-5-1-2-6-17(16)21-11-10-20(12-14-7-8-14)13-15-4-3-9-19-15/h1-2,5-6,14-15,19H,3-4,7-13H2. The van der Waals surface area contributed by atoms with Gasteiger partial charge in [-0.2, -0.15) is 0 Å². The molecule has 1 aliphatic heterocycles. The lowest BCUT2D eigenvalue weighted by Gasteiger charge is -2.25. The lowest BCUT2D eigenvalue weighted by molar-refractivity contribution is 0.190. The minimum atomic E-state index is 0.670. The number of hydrogen-bond donors (Lipinski definition) is 1. The van der Waals surface area contributed by atoms with Crippen molar-refractivity contribution in [2.75, 3.05) is 32.8 Å². The number of halogens is 1. The molecule has 1 saturated carbocycles. The van der Waals surface area contributed by atoms with Gasteiger partial charge in [-0.3, -0.25) is 4.90 Å². The molecule has 3 rings (SSSR count). The Bertz CT molecular complexity index is 444. The molecule has 1 atom stereocenters. The van der Waals surface area contributed by atoms with Crippen molar-refractivity contribution in [3.63, 3.8) is 0 Å². The van der Waals surface area contributed by atoms with Crippen LogP contribution in [0.5, 0.6) is 5.75 Å². The maximum Gasteiger partial charge on any atom is 0.137 e. The predicted molar refractivity (Wildman–Crippen MR) is 87.1 cm³/mol. The molecule has 2 fully saturated rings. The fourth-order valence-corrected chi connectivity index (χ4v) is 3.18. The molecule has 116 valence electrons. The molecule has 0 spiro atoms. The lowest BCUT2D eigenvalue weighted by atomic mass is 10.2. The van der Waals surface area contributed by atoms with Crippen molar-refractivity contribution in [3.05, 3.63) is 29.3 Å². The minimum Gasteiger partial charge on any atom is -0.491 e. The first-order chi connectivity index (χ1) is 10.3. The van der Waals surface area contributed by atoms with E-state index < -0.39 is 0 Å². The quantitative estimate of drug-likeness (QED) is 0.798. The molecule has 0 radical (unpaired) electrons. The van der Waals surface area contributed by atoms with E-state index in [9.17, 15) is 0 Å². The smallest absolute Gasteiger partial charge is 0.137 e. The number of benzene rings is 1. The number of nitrogens with one attached hydrogen (secondary N) is 1. The molecule has 1 heterocycles. The van der Waals surface area contributed by atoms with Gasteiger partial charge in [-0.05, 0) is 50.3 Å². The van der Waals surface area contributed by atoms with E-state index in [0.29, 0.717) is 17.7 Å². The van der Waals surface area contributed by atoms with Crippen LogP contribution in [0.3, 0.4) is 0 Å². The third kappa shape index (κ3) is 4.87. The van der Waals surface area contributed by atoms with Crippen molar-refractivity contribution in [2.45, 2.75) is 31.7 Å². The van der Waals surface area contributed by atoms with Gasteiger partial charge in [0.15, 0.2) is 0 Å². The Morgan fingerprint density at radius 2 is 2.05 bits per heavy atom. The Morgan fingerprint density at radius 1 is 1.19 bits per heavy atom. The maximum atomic E-state index is 6.12. The van der Waals surface area contributed by atoms with Crippen LogP contribution in [0.1, 0.15) is 25.7 Å². The first kappa shape index (κ1) is 15.1. The molecule has 4 heteroatoms. The Hall–Kier alpha value is -0.770. The van der Waals surface area contributed by atoms with E-state index in [4.69, 9.17) is 16.3 Å². The summed E-state index contributed by atoms with van der Waals surface area (Å²) in [4.78, 5) is 2.57. The Labute approximate surface area is 132 Å². The van der Waals surface area contributed by atoms with Crippen molar-refractivity contribution in [2.24, 2.45) is 5.92 Å². The molecule has 1 aromatic rings. The van der Waals surface area contributed by atoms with E-state index in [1.807, 2.05) is 24.3 Å². The number of hydrogen-bond acceptors (Lipinski definition) is 3. The summed E-state index contributed by atoms with van der Waals surface area (Å²) in [5.74, 6) is 1.72. The first-order valence-electron chi connectivity index (χ1n) is 8.14. The normalized spacial score (nSPS) is 21.9. The van der Waals surface area contributed by atoms with Gasteiger partial charge in [0.25, 0.3) is 0 Å². The highest BCUT2D eigenvalue weighted by atomic mass is 35.5. The van der Waals surface area contributed by atoms with Crippen LogP contribution in [-0.4, -0.2) is 43.7 Å². The van der Waals surface area contributed by atoms with E-state index in [0.717, 1.165) is 24.8 Å². The summed E-state index contributed by atoms with van der Waals surface area (Å²) in [6.07, 6.45) is 5.44. The minimum absolute atomic E-state index is 0.670. The Balaban J connectivity index is 1.45. The largest absolute Gasteiger partial charge is 0.491 e. The van der Waals surface area contributed by atoms with Gasteiger partial charge < -0.3 is 10.1 Å². The van der Waals surface area contributed by atoms with Crippen LogP contribution < -0.4 is 10.1 Å². The molecule has 1 unspecified atom stereocenters. The van der Waals surface area contributed by atoms with Gasteiger partial charge in [-0.25, -0.2) is 0 Å². The third-order valence-electron chi connectivity index (χ3n) is 4.36. The molecule has 1 aliphatic carbocycles. The molecular formula is C17H25ClN2O. The number of nitrogens with zero attached hydrogens (tertiary/aromatic N) is 1. The summed E-state index contributed by atoms with van der Waals surface area (Å²) in [5.41, 5.74) is 0. The summed E-state index contributed by atoms with van der Waals surface area (Å²) in [7, 11) is 0. The number of ether oxygens (including phenoxy) is 1. The van der Waals surface area contributed by atoms with Crippen LogP contribution in [0.2, 0.25) is 5.02 Å². The van der Waals surface area contributed by atoms with E-state index in [2.05, 4.69) is 10.2 Å². The second-order valence-electron chi connectivity index (χ2n) is 6.28. The molecule has 2 aliphatic rings. The van der Waals surface area contributed by atoms with E-state index in [-0.39, 0.29) is 0 Å². The fourth-order valence-electron chi connectivity index (χ4n) is 2.99. The Morgan fingerprint density at radius 3 is 2.76 bits per heavy atom. The van der Waals surface area contributed by atoms with Crippen molar-refractivity contribution < 1.29 is 4.74 Å². The van der Waals surface area contributed by atoms with E-state index >= 15 is 0 Å². The zero-order valence-corrected chi connectivity index (χ0v) is 13.3. The highest BCUT2D eigenvalue weighted by Crippen LogP contribution is 2.30. The predicted octanol–water partition coefficient (Wildman–Crippen LogP) is 3.18. The summed E-state index contributed by atoms with van der Waals surface area (Å²) >= 11 is 6.12. The monoisotopic (exact) mass is 308 g/mol. The summed E-state index contributed by atoms with van der Waals surface area (Å²) in [5, 5.41) is 4.29. The van der Waals surface area contributed by atoms with Gasteiger partial charge >= 0.3 is 0 Å². The summed E-state index contributed by atoms with van der Waals surface area (Å²) < 4.78 is 5.84. The van der Waals surface area contributed by atoms with Crippen molar-refractivity contribution in [1.29, 1.82) is 0 Å². The molecule has 1 aromatic carbocycles. The van der Waals surface area contributed by atoms with E-state index in [1.54, 1.807) is 0 Å². The average Bonchev–Trinajstić information content (AvgIpc) is 3.14. The molecule has 0 amide bonds. The first-order valence-corrected chi connectivity index (χ1v) is 8.52. The Kier molecular flexibility index (Phi) is 5.39. The molecule has 3 nitrogen and oxygen atoms in total. The highest BCUT2D eigenvalue weighted by molar-refractivity contribution is 6.32. The van der Waals surface area contributed by atoms with Gasteiger partial charge in [0.05, 0.1) is 5.02 Å². The lowest BCUT2D eigenvalue weighted by Crippen LogP contribution is -2.40. The molecular weight excluding hydrogens is 284 g/mol. The third-order valence-corrected chi connectivity index (χ3v) is 4.67. The highest BCUT2D eigenvalue weighted by Gasteiger charge is 2.26. The van der Waals surface area contributed by atoms with Gasteiger partial charge in [-0.15, -0.1) is 0 Å². The molecule has 21 heavy (non-hydrogen) atoms. The van der Waals surface area contributed by atoms with Crippen LogP contribution in [0.4, 0.5) is 0 Å². The van der Waals surface area contributed by atoms with E-state index in [1.165, 1.54) is 38.8 Å². The number of para-hydroxylation sites is 1.